The molecule has 2 rings (SSSR count). The highest BCUT2D eigenvalue weighted by Crippen LogP contribution is 2.22. The minimum absolute atomic E-state index is 0.0554. The molecule has 1 amide bonds. The zero-order chi connectivity index (χ0) is 13.8. The monoisotopic (exact) mass is 284 g/mol. The van der Waals surface area contributed by atoms with Crippen LogP contribution in [0, 0.1) is 11.7 Å². The summed E-state index contributed by atoms with van der Waals surface area (Å²) >= 11 is 5.60. The Balaban J connectivity index is 1.98. The maximum atomic E-state index is 13.3. The van der Waals surface area contributed by atoms with Crippen LogP contribution in [0.4, 0.5) is 10.1 Å². The van der Waals surface area contributed by atoms with Crippen LogP contribution in [0.25, 0.3) is 0 Å². The average Bonchev–Trinajstić information content (AvgIpc) is 2.43. The molecule has 2 unspecified atom stereocenters. The summed E-state index contributed by atoms with van der Waals surface area (Å²) in [5.74, 6) is -0.0543. The van der Waals surface area contributed by atoms with Gasteiger partial charge in [-0.15, -0.1) is 0 Å². The summed E-state index contributed by atoms with van der Waals surface area (Å²) in [7, 11) is 0. The number of rotatable bonds is 3. The van der Waals surface area contributed by atoms with E-state index < -0.39 is 5.82 Å². The molecule has 104 valence electrons. The van der Waals surface area contributed by atoms with Crippen molar-refractivity contribution in [1.82, 2.24) is 5.32 Å². The van der Waals surface area contributed by atoms with Crippen LogP contribution in [0.5, 0.6) is 0 Å². The third-order valence-corrected chi connectivity index (χ3v) is 3.90. The summed E-state index contributed by atoms with van der Waals surface area (Å²) in [5.41, 5.74) is 0.437. The molecule has 1 aromatic rings. The molecule has 1 saturated heterocycles. The fourth-order valence-electron chi connectivity index (χ4n) is 2.37. The largest absolute Gasteiger partial charge is 0.325 e. The van der Waals surface area contributed by atoms with Crippen LogP contribution in [-0.2, 0) is 4.79 Å². The van der Waals surface area contributed by atoms with Crippen molar-refractivity contribution in [3.05, 3.63) is 29.0 Å². The third-order valence-electron chi connectivity index (χ3n) is 3.59. The zero-order valence-electron chi connectivity index (χ0n) is 10.9. The van der Waals surface area contributed by atoms with Crippen LogP contribution in [0.15, 0.2) is 18.2 Å². The van der Waals surface area contributed by atoms with Gasteiger partial charge in [-0.1, -0.05) is 24.9 Å². The average molecular weight is 285 g/mol. The summed E-state index contributed by atoms with van der Waals surface area (Å²) < 4.78 is 13.3. The molecule has 0 aromatic heterocycles. The number of nitrogens with one attached hydrogen (secondary N) is 2. The number of anilines is 1. The Bertz CT molecular complexity index is 467. The summed E-state index contributed by atoms with van der Waals surface area (Å²) in [6.07, 6.45) is 3.02. The van der Waals surface area contributed by atoms with Gasteiger partial charge in [-0.3, -0.25) is 4.79 Å². The van der Waals surface area contributed by atoms with Gasteiger partial charge in [0.05, 0.1) is 11.1 Å². The van der Waals surface area contributed by atoms with E-state index in [2.05, 4.69) is 17.6 Å². The van der Waals surface area contributed by atoms with Crippen LogP contribution in [-0.4, -0.2) is 18.5 Å². The van der Waals surface area contributed by atoms with Gasteiger partial charge in [0.25, 0.3) is 0 Å². The van der Waals surface area contributed by atoms with Crippen molar-refractivity contribution in [3.63, 3.8) is 0 Å². The number of amides is 1. The second-order valence-corrected chi connectivity index (χ2v) is 5.33. The van der Waals surface area contributed by atoms with Gasteiger partial charge in [-0.2, -0.15) is 0 Å². The van der Waals surface area contributed by atoms with E-state index >= 15 is 0 Å². The standard InChI is InChI=1S/C14H18ClFN2O/c1-2-9-5-6-17-13(7-9)14(19)18-10-3-4-11(15)12(16)8-10/h3-4,8-9,13,17H,2,5-7H2,1H3,(H,18,19). The Morgan fingerprint density at radius 3 is 3.05 bits per heavy atom. The molecule has 3 nitrogen and oxygen atoms in total. The Kier molecular flexibility index (Phi) is 4.77. The maximum Gasteiger partial charge on any atom is 0.241 e. The molecule has 1 aromatic carbocycles. The minimum atomic E-state index is -0.525. The molecule has 0 radical (unpaired) electrons. The first kappa shape index (κ1) is 14.3. The van der Waals surface area contributed by atoms with Crippen LogP contribution in [0.3, 0.4) is 0 Å². The predicted octanol–water partition coefficient (Wildman–Crippen LogP) is 3.20. The number of hydrogen-bond donors (Lipinski definition) is 2. The first-order chi connectivity index (χ1) is 9.10. The topological polar surface area (TPSA) is 41.1 Å². The molecular weight excluding hydrogens is 267 g/mol. The molecule has 2 atom stereocenters. The van der Waals surface area contributed by atoms with Gasteiger partial charge in [0, 0.05) is 5.69 Å². The van der Waals surface area contributed by atoms with Crippen molar-refractivity contribution in [1.29, 1.82) is 0 Å². The van der Waals surface area contributed by atoms with E-state index in [4.69, 9.17) is 11.6 Å². The first-order valence-electron chi connectivity index (χ1n) is 6.59. The number of piperidine rings is 1. The first-order valence-corrected chi connectivity index (χ1v) is 6.97. The minimum Gasteiger partial charge on any atom is -0.325 e. The van der Waals surface area contributed by atoms with Crippen LogP contribution in [0.2, 0.25) is 5.02 Å². The van der Waals surface area contributed by atoms with Crippen molar-refractivity contribution in [2.24, 2.45) is 5.92 Å². The molecule has 1 aliphatic heterocycles. The number of carbonyl (C=O) groups is 1. The molecule has 0 spiro atoms. The normalized spacial score (nSPS) is 23.1. The van der Waals surface area contributed by atoms with Crippen LogP contribution in [0.1, 0.15) is 26.2 Å². The summed E-state index contributed by atoms with van der Waals surface area (Å²) in [6.45, 7) is 2.99. The molecule has 1 aliphatic rings. The van der Waals surface area contributed by atoms with Gasteiger partial charge in [0.1, 0.15) is 5.82 Å². The summed E-state index contributed by atoms with van der Waals surface area (Å²) in [6, 6.07) is 4.08. The molecule has 1 heterocycles. The van der Waals surface area contributed by atoms with Crippen molar-refractivity contribution < 1.29 is 9.18 Å². The van der Waals surface area contributed by atoms with E-state index in [9.17, 15) is 9.18 Å². The maximum absolute atomic E-state index is 13.3. The highest BCUT2D eigenvalue weighted by atomic mass is 35.5. The number of benzene rings is 1. The van der Waals surface area contributed by atoms with E-state index in [-0.39, 0.29) is 17.0 Å². The SMILES string of the molecule is CCC1CCNC(C(=O)Nc2ccc(Cl)c(F)c2)C1. The Morgan fingerprint density at radius 2 is 2.37 bits per heavy atom. The van der Waals surface area contributed by atoms with E-state index in [1.807, 2.05) is 0 Å². The molecule has 5 heteroatoms. The van der Waals surface area contributed by atoms with E-state index in [1.54, 1.807) is 6.07 Å². The lowest BCUT2D eigenvalue weighted by atomic mass is 9.90. The van der Waals surface area contributed by atoms with Gasteiger partial charge >= 0.3 is 0 Å². The predicted molar refractivity (Wildman–Crippen MR) is 74.8 cm³/mol. The molecule has 19 heavy (non-hydrogen) atoms. The smallest absolute Gasteiger partial charge is 0.241 e. The van der Waals surface area contributed by atoms with Crippen molar-refractivity contribution in [2.45, 2.75) is 32.2 Å². The number of carbonyl (C=O) groups excluding carboxylic acids is 1. The molecule has 0 saturated carbocycles. The lowest BCUT2D eigenvalue weighted by Crippen LogP contribution is -2.46. The van der Waals surface area contributed by atoms with E-state index in [0.29, 0.717) is 11.6 Å². The summed E-state index contributed by atoms with van der Waals surface area (Å²) in [4.78, 5) is 12.1. The molecule has 2 N–H and O–H groups in total. The van der Waals surface area contributed by atoms with Crippen molar-refractivity contribution in [2.75, 3.05) is 11.9 Å². The lowest BCUT2D eigenvalue weighted by Gasteiger charge is -2.28. The van der Waals surface area contributed by atoms with Gasteiger partial charge in [-0.05, 0) is 43.5 Å². The third kappa shape index (κ3) is 3.67. The fraction of sp³-hybridized carbons (Fsp3) is 0.500. The van der Waals surface area contributed by atoms with Crippen molar-refractivity contribution >= 4 is 23.2 Å². The Hall–Kier alpha value is -1.13. The highest BCUT2D eigenvalue weighted by molar-refractivity contribution is 6.30. The second kappa shape index (κ2) is 6.35. The van der Waals surface area contributed by atoms with Gasteiger partial charge in [0.2, 0.25) is 5.91 Å². The number of halogens is 2. The van der Waals surface area contributed by atoms with Crippen molar-refractivity contribution in [3.8, 4) is 0 Å². The van der Waals surface area contributed by atoms with Gasteiger partial charge in [0.15, 0.2) is 0 Å². The zero-order valence-corrected chi connectivity index (χ0v) is 11.6. The second-order valence-electron chi connectivity index (χ2n) is 4.92. The van der Waals surface area contributed by atoms with Gasteiger partial charge in [-0.25, -0.2) is 4.39 Å². The summed E-state index contributed by atoms with van der Waals surface area (Å²) in [5, 5.41) is 5.98. The molecular formula is C14H18ClFN2O. The Morgan fingerprint density at radius 1 is 1.58 bits per heavy atom. The van der Waals surface area contributed by atoms with Crippen LogP contribution < -0.4 is 10.6 Å². The quantitative estimate of drug-likeness (QED) is 0.895. The Labute approximate surface area is 117 Å². The number of hydrogen-bond acceptors (Lipinski definition) is 2. The fourth-order valence-corrected chi connectivity index (χ4v) is 2.49. The van der Waals surface area contributed by atoms with E-state index in [1.165, 1.54) is 12.1 Å². The molecule has 0 bridgehead atoms. The highest BCUT2D eigenvalue weighted by Gasteiger charge is 2.25. The van der Waals surface area contributed by atoms with Gasteiger partial charge < -0.3 is 10.6 Å². The lowest BCUT2D eigenvalue weighted by molar-refractivity contribution is -0.119. The van der Waals surface area contributed by atoms with Crippen LogP contribution >= 0.6 is 11.6 Å². The molecule has 0 aliphatic carbocycles. The molecule has 1 fully saturated rings. The van der Waals surface area contributed by atoms with E-state index in [0.717, 1.165) is 25.8 Å².